The van der Waals surface area contributed by atoms with E-state index in [1.807, 2.05) is 0 Å². The zero-order valence-corrected chi connectivity index (χ0v) is 12.4. The standard InChI is InChI=1S/C18H27NO/c19-14-18(10-6-2-1-3-7-11-18)12-15-13-20-17-9-5-4-8-16(15)17/h4-5,8-9,15H,1-3,6-7,10-14,19H2. The molecule has 0 spiro atoms. The second-order valence-electron chi connectivity index (χ2n) is 6.72. The lowest BCUT2D eigenvalue weighted by molar-refractivity contribution is 0.175. The van der Waals surface area contributed by atoms with Crippen molar-refractivity contribution in [3.8, 4) is 5.75 Å². The molecule has 1 fully saturated rings. The summed E-state index contributed by atoms with van der Waals surface area (Å²) >= 11 is 0. The monoisotopic (exact) mass is 273 g/mol. The van der Waals surface area contributed by atoms with E-state index in [0.717, 1.165) is 18.9 Å². The number of hydrogen-bond donors (Lipinski definition) is 1. The molecule has 1 saturated carbocycles. The first-order valence-electron chi connectivity index (χ1n) is 8.25. The van der Waals surface area contributed by atoms with Crippen LogP contribution in [0.3, 0.4) is 0 Å². The molecule has 2 nitrogen and oxygen atoms in total. The van der Waals surface area contributed by atoms with Crippen LogP contribution < -0.4 is 10.5 Å². The molecule has 0 bridgehead atoms. The number of para-hydroxylation sites is 1. The fourth-order valence-corrected chi connectivity index (χ4v) is 4.07. The Kier molecular flexibility index (Phi) is 4.30. The molecule has 1 atom stereocenters. The zero-order chi connectivity index (χ0) is 13.8. The van der Waals surface area contributed by atoms with E-state index in [2.05, 4.69) is 24.3 Å². The van der Waals surface area contributed by atoms with Crippen molar-refractivity contribution in [2.45, 2.75) is 57.3 Å². The van der Waals surface area contributed by atoms with Crippen LogP contribution in [0.4, 0.5) is 0 Å². The van der Waals surface area contributed by atoms with E-state index >= 15 is 0 Å². The highest BCUT2D eigenvalue weighted by Crippen LogP contribution is 2.45. The molecule has 1 aromatic carbocycles. The Hall–Kier alpha value is -1.02. The van der Waals surface area contributed by atoms with Crippen molar-refractivity contribution in [2.24, 2.45) is 11.1 Å². The van der Waals surface area contributed by atoms with Gasteiger partial charge in [-0.25, -0.2) is 0 Å². The van der Waals surface area contributed by atoms with Gasteiger partial charge in [0.05, 0.1) is 6.61 Å². The molecule has 110 valence electrons. The molecule has 1 aliphatic carbocycles. The predicted octanol–water partition coefficient (Wildman–Crippen LogP) is 4.24. The third-order valence-corrected chi connectivity index (χ3v) is 5.33. The van der Waals surface area contributed by atoms with Crippen molar-refractivity contribution in [2.75, 3.05) is 13.2 Å². The number of ether oxygens (including phenoxy) is 1. The number of hydrogen-bond acceptors (Lipinski definition) is 2. The number of nitrogens with two attached hydrogens (primary N) is 1. The summed E-state index contributed by atoms with van der Waals surface area (Å²) in [6, 6.07) is 8.53. The van der Waals surface area contributed by atoms with Crippen LogP contribution in [0.5, 0.6) is 5.75 Å². The van der Waals surface area contributed by atoms with Crippen LogP contribution in [0, 0.1) is 5.41 Å². The Labute approximate surface area is 122 Å². The van der Waals surface area contributed by atoms with Crippen molar-refractivity contribution in [1.29, 1.82) is 0 Å². The predicted molar refractivity (Wildman–Crippen MR) is 83.1 cm³/mol. The fraction of sp³-hybridized carbons (Fsp3) is 0.667. The summed E-state index contributed by atoms with van der Waals surface area (Å²) in [5.41, 5.74) is 7.97. The maximum absolute atomic E-state index is 6.22. The van der Waals surface area contributed by atoms with Crippen molar-refractivity contribution < 1.29 is 4.74 Å². The van der Waals surface area contributed by atoms with Crippen LogP contribution >= 0.6 is 0 Å². The van der Waals surface area contributed by atoms with Crippen LogP contribution in [0.25, 0.3) is 0 Å². The fourth-order valence-electron chi connectivity index (χ4n) is 4.07. The van der Waals surface area contributed by atoms with Gasteiger partial charge in [-0.2, -0.15) is 0 Å². The van der Waals surface area contributed by atoms with Crippen molar-refractivity contribution in [1.82, 2.24) is 0 Å². The van der Waals surface area contributed by atoms with E-state index in [1.165, 1.54) is 56.9 Å². The molecule has 1 aliphatic heterocycles. The summed E-state index contributed by atoms with van der Waals surface area (Å²) in [5, 5.41) is 0. The van der Waals surface area contributed by atoms with E-state index in [-0.39, 0.29) is 0 Å². The maximum atomic E-state index is 6.22. The van der Waals surface area contributed by atoms with Gasteiger partial charge in [0.15, 0.2) is 0 Å². The van der Waals surface area contributed by atoms with Gasteiger partial charge in [0, 0.05) is 11.5 Å². The lowest BCUT2D eigenvalue weighted by Crippen LogP contribution is -2.33. The third kappa shape index (κ3) is 2.85. The van der Waals surface area contributed by atoms with Gasteiger partial charge in [-0.05, 0) is 37.3 Å². The Bertz CT molecular complexity index is 435. The van der Waals surface area contributed by atoms with Crippen molar-refractivity contribution >= 4 is 0 Å². The van der Waals surface area contributed by atoms with E-state index < -0.39 is 0 Å². The lowest BCUT2D eigenvalue weighted by atomic mass is 9.70. The maximum Gasteiger partial charge on any atom is 0.122 e. The first-order valence-corrected chi connectivity index (χ1v) is 8.25. The summed E-state index contributed by atoms with van der Waals surface area (Å²) in [6.07, 6.45) is 10.7. The summed E-state index contributed by atoms with van der Waals surface area (Å²) in [7, 11) is 0. The smallest absolute Gasteiger partial charge is 0.122 e. The van der Waals surface area contributed by atoms with Crippen LogP contribution in [0.2, 0.25) is 0 Å². The summed E-state index contributed by atoms with van der Waals surface area (Å²) < 4.78 is 5.86. The largest absolute Gasteiger partial charge is 0.493 e. The molecule has 0 aromatic heterocycles. The molecule has 2 aliphatic rings. The number of rotatable bonds is 3. The van der Waals surface area contributed by atoms with Crippen LogP contribution in [0.1, 0.15) is 62.8 Å². The van der Waals surface area contributed by atoms with E-state index in [1.54, 1.807) is 0 Å². The minimum absolute atomic E-state index is 0.353. The van der Waals surface area contributed by atoms with Gasteiger partial charge in [-0.3, -0.25) is 0 Å². The topological polar surface area (TPSA) is 35.2 Å². The molecular formula is C18H27NO. The Morgan fingerprint density at radius 1 is 1.05 bits per heavy atom. The molecule has 0 saturated heterocycles. The molecule has 3 rings (SSSR count). The van der Waals surface area contributed by atoms with Gasteiger partial charge in [-0.1, -0.05) is 50.3 Å². The van der Waals surface area contributed by atoms with E-state index in [0.29, 0.717) is 11.3 Å². The summed E-state index contributed by atoms with van der Waals surface area (Å²) in [6.45, 7) is 1.69. The number of fused-ring (bicyclic) bond motifs is 1. The van der Waals surface area contributed by atoms with Gasteiger partial charge in [0.25, 0.3) is 0 Å². The number of benzene rings is 1. The average molecular weight is 273 g/mol. The second kappa shape index (κ2) is 6.17. The van der Waals surface area contributed by atoms with E-state index in [9.17, 15) is 0 Å². The molecular weight excluding hydrogens is 246 g/mol. The Balaban J connectivity index is 1.74. The molecule has 0 radical (unpaired) electrons. The van der Waals surface area contributed by atoms with Gasteiger partial charge in [-0.15, -0.1) is 0 Å². The zero-order valence-electron chi connectivity index (χ0n) is 12.4. The highest BCUT2D eigenvalue weighted by atomic mass is 16.5. The van der Waals surface area contributed by atoms with Crippen molar-refractivity contribution in [3.05, 3.63) is 29.8 Å². The van der Waals surface area contributed by atoms with Crippen LogP contribution in [-0.2, 0) is 0 Å². The van der Waals surface area contributed by atoms with Gasteiger partial charge < -0.3 is 10.5 Å². The molecule has 1 aromatic rings. The van der Waals surface area contributed by atoms with Crippen LogP contribution in [-0.4, -0.2) is 13.2 Å². The summed E-state index contributed by atoms with van der Waals surface area (Å²) in [5.74, 6) is 1.64. The van der Waals surface area contributed by atoms with Crippen LogP contribution in [0.15, 0.2) is 24.3 Å². The van der Waals surface area contributed by atoms with Gasteiger partial charge >= 0.3 is 0 Å². The molecule has 0 amide bonds. The van der Waals surface area contributed by atoms with Crippen molar-refractivity contribution in [3.63, 3.8) is 0 Å². The van der Waals surface area contributed by atoms with Gasteiger partial charge in [0.1, 0.15) is 5.75 Å². The quantitative estimate of drug-likeness (QED) is 0.894. The molecule has 20 heavy (non-hydrogen) atoms. The lowest BCUT2D eigenvalue weighted by Gasteiger charge is -2.36. The Morgan fingerprint density at radius 2 is 1.75 bits per heavy atom. The third-order valence-electron chi connectivity index (χ3n) is 5.33. The Morgan fingerprint density at radius 3 is 2.50 bits per heavy atom. The highest BCUT2D eigenvalue weighted by Gasteiger charge is 2.35. The first-order chi connectivity index (χ1) is 9.83. The molecule has 2 heteroatoms. The minimum atomic E-state index is 0.353. The molecule has 1 heterocycles. The summed E-state index contributed by atoms with van der Waals surface area (Å²) in [4.78, 5) is 0. The average Bonchev–Trinajstić information content (AvgIpc) is 2.85. The van der Waals surface area contributed by atoms with E-state index in [4.69, 9.17) is 10.5 Å². The van der Waals surface area contributed by atoms with Gasteiger partial charge in [0.2, 0.25) is 0 Å². The normalized spacial score (nSPS) is 25.4. The first kappa shape index (κ1) is 13.9. The second-order valence-corrected chi connectivity index (χ2v) is 6.72. The molecule has 2 N–H and O–H groups in total. The highest BCUT2D eigenvalue weighted by molar-refractivity contribution is 5.39. The molecule has 1 unspecified atom stereocenters. The minimum Gasteiger partial charge on any atom is -0.493 e. The SMILES string of the molecule is NCC1(CC2COc3ccccc32)CCCCCCC1.